The third kappa shape index (κ3) is 2.60. The first kappa shape index (κ1) is 13.5. The van der Waals surface area contributed by atoms with Crippen molar-refractivity contribution < 1.29 is 14.7 Å². The normalized spacial score (nSPS) is 11.2. The number of thiophene rings is 1. The van der Waals surface area contributed by atoms with Gasteiger partial charge < -0.3 is 10.4 Å². The van der Waals surface area contributed by atoms with Crippen molar-refractivity contribution in [2.75, 3.05) is 6.54 Å². The van der Waals surface area contributed by atoms with Gasteiger partial charge in [0.05, 0.1) is 10.6 Å². The van der Waals surface area contributed by atoms with Crippen LogP contribution >= 0.6 is 11.3 Å². The van der Waals surface area contributed by atoms with Crippen molar-refractivity contribution in [2.45, 2.75) is 19.8 Å². The molecule has 7 heteroatoms. The SMILES string of the molecule is CC(C)c1nn(C)c2sc(C(=O)NCC(=O)O)cc12. The van der Waals surface area contributed by atoms with Gasteiger partial charge in [0.1, 0.15) is 11.4 Å². The van der Waals surface area contributed by atoms with Crippen LogP contribution in [0.4, 0.5) is 0 Å². The zero-order chi connectivity index (χ0) is 14.2. The third-order valence-electron chi connectivity index (χ3n) is 2.71. The lowest BCUT2D eigenvalue weighted by Crippen LogP contribution is -2.28. The number of amides is 1. The fourth-order valence-electron chi connectivity index (χ4n) is 1.85. The monoisotopic (exact) mass is 281 g/mol. The van der Waals surface area contributed by atoms with Gasteiger partial charge >= 0.3 is 5.97 Å². The Kier molecular flexibility index (Phi) is 3.57. The van der Waals surface area contributed by atoms with Crippen molar-refractivity contribution in [3.8, 4) is 0 Å². The molecule has 0 fully saturated rings. The number of nitrogens with zero attached hydrogens (tertiary/aromatic N) is 2. The van der Waals surface area contributed by atoms with Gasteiger partial charge in [0.15, 0.2) is 0 Å². The van der Waals surface area contributed by atoms with Crippen molar-refractivity contribution >= 4 is 33.4 Å². The highest BCUT2D eigenvalue weighted by Crippen LogP contribution is 2.31. The summed E-state index contributed by atoms with van der Waals surface area (Å²) in [6.45, 7) is 3.72. The Bertz CT molecular complexity index is 642. The molecule has 0 saturated carbocycles. The number of carboxylic acid groups (broad SMARTS) is 1. The summed E-state index contributed by atoms with van der Waals surface area (Å²) < 4.78 is 1.75. The van der Waals surface area contributed by atoms with E-state index in [9.17, 15) is 9.59 Å². The van der Waals surface area contributed by atoms with Crippen LogP contribution in [0.5, 0.6) is 0 Å². The first-order valence-electron chi connectivity index (χ1n) is 5.86. The van der Waals surface area contributed by atoms with Crippen LogP contribution in [-0.4, -0.2) is 33.3 Å². The second kappa shape index (κ2) is 5.00. The Labute approximate surface area is 114 Å². The summed E-state index contributed by atoms with van der Waals surface area (Å²) in [5.41, 5.74) is 0.950. The van der Waals surface area contributed by atoms with Crippen LogP contribution in [-0.2, 0) is 11.8 Å². The molecule has 2 aromatic rings. The quantitative estimate of drug-likeness (QED) is 0.891. The molecule has 0 bridgehead atoms. The van der Waals surface area contributed by atoms with Crippen LogP contribution in [0.25, 0.3) is 10.2 Å². The zero-order valence-corrected chi connectivity index (χ0v) is 11.7. The van der Waals surface area contributed by atoms with Gasteiger partial charge in [0.2, 0.25) is 0 Å². The summed E-state index contributed by atoms with van der Waals surface area (Å²) in [6.07, 6.45) is 0. The number of carboxylic acids is 1. The largest absolute Gasteiger partial charge is 0.480 e. The van der Waals surface area contributed by atoms with E-state index in [4.69, 9.17) is 5.11 Å². The van der Waals surface area contributed by atoms with E-state index in [1.165, 1.54) is 11.3 Å². The van der Waals surface area contributed by atoms with E-state index in [-0.39, 0.29) is 18.4 Å². The number of nitrogens with one attached hydrogen (secondary N) is 1. The second-order valence-corrected chi connectivity index (χ2v) is 5.60. The minimum absolute atomic E-state index is 0.272. The fourth-order valence-corrected chi connectivity index (χ4v) is 2.84. The van der Waals surface area contributed by atoms with Crippen LogP contribution in [0, 0.1) is 0 Å². The second-order valence-electron chi connectivity index (χ2n) is 4.57. The van der Waals surface area contributed by atoms with E-state index >= 15 is 0 Å². The van der Waals surface area contributed by atoms with Gasteiger partial charge in [-0.1, -0.05) is 13.8 Å². The smallest absolute Gasteiger partial charge is 0.322 e. The summed E-state index contributed by atoms with van der Waals surface area (Å²) in [5.74, 6) is -1.15. The molecule has 0 atom stereocenters. The van der Waals surface area contributed by atoms with E-state index in [2.05, 4.69) is 10.4 Å². The Hall–Kier alpha value is -1.89. The number of aryl methyl sites for hydroxylation is 1. The first-order valence-corrected chi connectivity index (χ1v) is 6.68. The highest BCUT2D eigenvalue weighted by molar-refractivity contribution is 7.20. The number of carbonyl (C=O) groups is 2. The minimum atomic E-state index is -1.06. The van der Waals surface area contributed by atoms with Crippen LogP contribution in [0.15, 0.2) is 6.07 Å². The van der Waals surface area contributed by atoms with E-state index < -0.39 is 5.97 Å². The molecule has 1 amide bonds. The molecule has 102 valence electrons. The van der Waals surface area contributed by atoms with Gasteiger partial charge in [-0.15, -0.1) is 11.3 Å². The molecule has 0 unspecified atom stereocenters. The number of carbonyl (C=O) groups excluding carboxylic acids is 1. The van der Waals surface area contributed by atoms with E-state index in [1.807, 2.05) is 20.9 Å². The molecule has 2 aromatic heterocycles. The summed E-state index contributed by atoms with van der Waals surface area (Å²) >= 11 is 1.32. The molecule has 2 N–H and O–H groups in total. The average Bonchev–Trinajstić information content (AvgIpc) is 2.87. The van der Waals surface area contributed by atoms with Crippen molar-refractivity contribution in [2.24, 2.45) is 7.05 Å². The summed E-state index contributed by atoms with van der Waals surface area (Å²) in [5, 5.41) is 16.3. The van der Waals surface area contributed by atoms with Crippen LogP contribution < -0.4 is 5.32 Å². The predicted octanol–water partition coefficient (Wildman–Crippen LogP) is 1.57. The lowest BCUT2D eigenvalue weighted by atomic mass is 10.1. The summed E-state index contributed by atoms with van der Waals surface area (Å²) in [7, 11) is 1.84. The maximum absolute atomic E-state index is 11.8. The molecule has 0 aliphatic rings. The molecular formula is C12H15N3O3S. The molecule has 2 heterocycles. The maximum Gasteiger partial charge on any atom is 0.322 e. The average molecular weight is 281 g/mol. The molecule has 2 rings (SSSR count). The Morgan fingerprint density at radius 2 is 2.21 bits per heavy atom. The number of aromatic nitrogens is 2. The highest BCUT2D eigenvalue weighted by Gasteiger charge is 2.18. The number of fused-ring (bicyclic) bond motifs is 1. The van der Waals surface area contributed by atoms with Gasteiger partial charge in [-0.25, -0.2) is 0 Å². The van der Waals surface area contributed by atoms with Crippen LogP contribution in [0.3, 0.4) is 0 Å². The van der Waals surface area contributed by atoms with Crippen LogP contribution in [0.1, 0.15) is 35.1 Å². The molecular weight excluding hydrogens is 266 g/mol. The highest BCUT2D eigenvalue weighted by atomic mass is 32.1. The molecule has 0 saturated heterocycles. The van der Waals surface area contributed by atoms with Gasteiger partial charge in [-0.05, 0) is 12.0 Å². The van der Waals surface area contributed by atoms with Crippen molar-refractivity contribution in [1.29, 1.82) is 0 Å². The Morgan fingerprint density at radius 3 is 2.79 bits per heavy atom. The van der Waals surface area contributed by atoms with Crippen molar-refractivity contribution in [3.63, 3.8) is 0 Å². The lowest BCUT2D eigenvalue weighted by molar-refractivity contribution is -0.135. The molecule has 6 nitrogen and oxygen atoms in total. The summed E-state index contributed by atoms with van der Waals surface area (Å²) in [6, 6.07) is 1.78. The fraction of sp³-hybridized carbons (Fsp3) is 0.417. The van der Waals surface area contributed by atoms with Gasteiger partial charge in [0, 0.05) is 12.4 Å². The number of aliphatic carboxylic acids is 1. The number of rotatable bonds is 4. The van der Waals surface area contributed by atoms with Gasteiger partial charge in [-0.3, -0.25) is 14.3 Å². The zero-order valence-electron chi connectivity index (χ0n) is 10.9. The van der Waals surface area contributed by atoms with E-state index in [0.29, 0.717) is 4.88 Å². The van der Waals surface area contributed by atoms with Crippen molar-refractivity contribution in [3.05, 3.63) is 16.6 Å². The van der Waals surface area contributed by atoms with Crippen molar-refractivity contribution in [1.82, 2.24) is 15.1 Å². The van der Waals surface area contributed by atoms with E-state index in [0.717, 1.165) is 15.9 Å². The predicted molar refractivity (Wildman–Crippen MR) is 72.6 cm³/mol. The lowest BCUT2D eigenvalue weighted by Gasteiger charge is -2.00. The Balaban J connectivity index is 2.33. The maximum atomic E-state index is 11.8. The summed E-state index contributed by atoms with van der Waals surface area (Å²) in [4.78, 5) is 23.7. The first-order chi connectivity index (χ1) is 8.90. The molecule has 19 heavy (non-hydrogen) atoms. The standard InChI is InChI=1S/C12H15N3O3S/c1-6(2)10-7-4-8(11(18)13-5-9(16)17)19-12(7)15(3)14-10/h4,6H,5H2,1-3H3,(H,13,18)(H,16,17). The molecule has 0 aliphatic heterocycles. The van der Waals surface area contributed by atoms with Gasteiger partial charge in [-0.2, -0.15) is 5.10 Å². The van der Waals surface area contributed by atoms with E-state index in [1.54, 1.807) is 10.7 Å². The topological polar surface area (TPSA) is 84.2 Å². The number of hydrogen-bond donors (Lipinski definition) is 2. The van der Waals surface area contributed by atoms with Gasteiger partial charge in [0.25, 0.3) is 5.91 Å². The number of hydrogen-bond acceptors (Lipinski definition) is 4. The molecule has 0 radical (unpaired) electrons. The third-order valence-corrected chi connectivity index (χ3v) is 3.91. The minimum Gasteiger partial charge on any atom is -0.480 e. The molecule has 0 spiro atoms. The van der Waals surface area contributed by atoms with Crippen LogP contribution in [0.2, 0.25) is 0 Å². The molecule has 0 aliphatic carbocycles. The Morgan fingerprint density at radius 1 is 1.53 bits per heavy atom. The molecule has 0 aromatic carbocycles.